The number of rotatable bonds is 2. The van der Waals surface area contributed by atoms with Crippen LogP contribution in [0, 0.1) is 0 Å². The number of aromatic amines is 1. The number of nitrogens with zero attached hydrogens (tertiary/aromatic N) is 2. The van der Waals surface area contributed by atoms with E-state index in [1.165, 1.54) is 4.68 Å². The third kappa shape index (κ3) is 1.24. The van der Waals surface area contributed by atoms with Crippen LogP contribution in [-0.2, 0) is 13.5 Å². The van der Waals surface area contributed by atoms with E-state index in [-0.39, 0.29) is 12.3 Å². The Morgan fingerprint density at radius 2 is 2.50 bits per heavy atom. The second-order valence-electron chi connectivity index (χ2n) is 1.97. The van der Waals surface area contributed by atoms with E-state index < -0.39 is 0 Å². The lowest BCUT2D eigenvalue weighted by atomic mass is 10.4. The van der Waals surface area contributed by atoms with Crippen LogP contribution in [0.3, 0.4) is 0 Å². The van der Waals surface area contributed by atoms with E-state index in [4.69, 9.17) is 5.11 Å². The first-order valence-electron chi connectivity index (χ1n) is 2.97. The highest BCUT2D eigenvalue weighted by Gasteiger charge is 1.98. The summed E-state index contributed by atoms with van der Waals surface area (Å²) in [5.41, 5.74) is -0.247. The minimum atomic E-state index is -0.247. The molecule has 0 radical (unpaired) electrons. The van der Waals surface area contributed by atoms with Gasteiger partial charge in [0.25, 0.3) is 0 Å². The van der Waals surface area contributed by atoms with Crippen molar-refractivity contribution in [3.05, 3.63) is 16.3 Å². The highest BCUT2D eigenvalue weighted by atomic mass is 16.3. The molecule has 0 aliphatic rings. The van der Waals surface area contributed by atoms with Crippen molar-refractivity contribution in [2.45, 2.75) is 6.42 Å². The number of H-pyrrole nitrogens is 1. The van der Waals surface area contributed by atoms with Gasteiger partial charge in [0.15, 0.2) is 0 Å². The highest BCUT2D eigenvalue weighted by Crippen LogP contribution is 1.82. The predicted molar refractivity (Wildman–Crippen MR) is 34.6 cm³/mol. The maximum atomic E-state index is 10.7. The molecule has 0 bridgehead atoms. The van der Waals surface area contributed by atoms with E-state index in [1.54, 1.807) is 7.05 Å². The van der Waals surface area contributed by atoms with E-state index >= 15 is 0 Å². The molecular formula is C5H9N3O2. The summed E-state index contributed by atoms with van der Waals surface area (Å²) >= 11 is 0. The van der Waals surface area contributed by atoms with Crippen molar-refractivity contribution in [3.63, 3.8) is 0 Å². The standard InChI is InChI=1S/C5H9N3O2/c1-8-5(10)6-4(7-8)2-3-9/h9H,2-3H2,1H3,(H,6,7,10). The van der Waals surface area contributed by atoms with Gasteiger partial charge in [-0.1, -0.05) is 0 Å². The first-order valence-corrected chi connectivity index (χ1v) is 2.97. The van der Waals surface area contributed by atoms with Gasteiger partial charge >= 0.3 is 5.69 Å². The fourth-order valence-corrected chi connectivity index (χ4v) is 0.674. The van der Waals surface area contributed by atoms with Crippen LogP contribution in [0.1, 0.15) is 5.82 Å². The van der Waals surface area contributed by atoms with Crippen LogP contribution < -0.4 is 5.69 Å². The molecule has 1 rings (SSSR count). The molecule has 1 aromatic heterocycles. The molecule has 0 spiro atoms. The fourth-order valence-electron chi connectivity index (χ4n) is 0.674. The summed E-state index contributed by atoms with van der Waals surface area (Å²) in [5.74, 6) is 0.523. The zero-order chi connectivity index (χ0) is 7.56. The maximum absolute atomic E-state index is 10.7. The van der Waals surface area contributed by atoms with Gasteiger partial charge in [-0.05, 0) is 0 Å². The largest absolute Gasteiger partial charge is 0.396 e. The Hall–Kier alpha value is -1.10. The number of aromatic nitrogens is 3. The summed E-state index contributed by atoms with van der Waals surface area (Å²) in [5, 5.41) is 12.2. The fraction of sp³-hybridized carbons (Fsp3) is 0.600. The van der Waals surface area contributed by atoms with Crippen molar-refractivity contribution in [1.29, 1.82) is 0 Å². The molecule has 5 heteroatoms. The van der Waals surface area contributed by atoms with Gasteiger partial charge in [0.05, 0.1) is 6.61 Å². The zero-order valence-corrected chi connectivity index (χ0v) is 5.66. The van der Waals surface area contributed by atoms with Crippen LogP contribution in [0.2, 0.25) is 0 Å². The van der Waals surface area contributed by atoms with Gasteiger partial charge in [-0.3, -0.25) is 4.98 Å². The van der Waals surface area contributed by atoms with Crippen molar-refractivity contribution in [2.24, 2.45) is 7.05 Å². The molecule has 0 unspecified atom stereocenters. The SMILES string of the molecule is Cn1nc(CCO)[nH]c1=O. The van der Waals surface area contributed by atoms with Gasteiger partial charge in [0, 0.05) is 13.5 Å². The van der Waals surface area contributed by atoms with Crippen LogP contribution in [-0.4, -0.2) is 26.5 Å². The molecule has 5 nitrogen and oxygen atoms in total. The number of hydrogen-bond acceptors (Lipinski definition) is 3. The first kappa shape index (κ1) is 7.01. The molecule has 10 heavy (non-hydrogen) atoms. The Balaban J connectivity index is 2.88. The number of aliphatic hydroxyl groups excluding tert-OH is 1. The highest BCUT2D eigenvalue weighted by molar-refractivity contribution is 4.80. The van der Waals surface area contributed by atoms with E-state index in [0.717, 1.165) is 0 Å². The van der Waals surface area contributed by atoms with Crippen LogP contribution in [0.4, 0.5) is 0 Å². The van der Waals surface area contributed by atoms with Crippen LogP contribution in [0.25, 0.3) is 0 Å². The predicted octanol–water partition coefficient (Wildman–Crippen LogP) is -1.36. The lowest BCUT2D eigenvalue weighted by Gasteiger charge is -1.85. The Kier molecular flexibility index (Phi) is 1.86. The second kappa shape index (κ2) is 2.66. The van der Waals surface area contributed by atoms with Gasteiger partial charge in [-0.25, -0.2) is 9.48 Å². The summed E-state index contributed by atoms with van der Waals surface area (Å²) in [4.78, 5) is 13.2. The lowest BCUT2D eigenvalue weighted by Crippen LogP contribution is -2.13. The quantitative estimate of drug-likeness (QED) is 0.537. The monoisotopic (exact) mass is 143 g/mol. The molecule has 2 N–H and O–H groups in total. The first-order chi connectivity index (χ1) is 4.74. The molecule has 0 fully saturated rings. The van der Waals surface area contributed by atoms with Gasteiger partial charge < -0.3 is 5.11 Å². The maximum Gasteiger partial charge on any atom is 0.342 e. The average molecular weight is 143 g/mol. The van der Waals surface area contributed by atoms with Gasteiger partial charge in [-0.15, -0.1) is 0 Å². The third-order valence-corrected chi connectivity index (χ3v) is 1.16. The van der Waals surface area contributed by atoms with Crippen LogP contribution in [0.15, 0.2) is 4.79 Å². The Labute approximate surface area is 57.3 Å². The van der Waals surface area contributed by atoms with E-state index in [9.17, 15) is 4.79 Å². The summed E-state index contributed by atoms with van der Waals surface area (Å²) in [6.07, 6.45) is 0.399. The van der Waals surface area contributed by atoms with Crippen molar-refractivity contribution in [3.8, 4) is 0 Å². The molecule has 0 saturated carbocycles. The molecule has 0 aromatic carbocycles. The molecular weight excluding hydrogens is 134 g/mol. The topological polar surface area (TPSA) is 70.9 Å². The number of hydrogen-bond donors (Lipinski definition) is 2. The minimum Gasteiger partial charge on any atom is -0.396 e. The van der Waals surface area contributed by atoms with Crippen LogP contribution >= 0.6 is 0 Å². The summed E-state index contributed by atoms with van der Waals surface area (Å²) in [6.45, 7) is 0.00690. The van der Waals surface area contributed by atoms with E-state index in [0.29, 0.717) is 12.2 Å². The van der Waals surface area contributed by atoms with Gasteiger partial charge in [0.2, 0.25) is 0 Å². The van der Waals surface area contributed by atoms with Crippen LogP contribution in [0.5, 0.6) is 0 Å². The number of nitrogens with one attached hydrogen (secondary N) is 1. The molecule has 56 valence electrons. The van der Waals surface area contributed by atoms with E-state index in [2.05, 4.69) is 10.1 Å². The lowest BCUT2D eigenvalue weighted by molar-refractivity contribution is 0.296. The second-order valence-corrected chi connectivity index (χ2v) is 1.97. The Morgan fingerprint density at radius 3 is 2.90 bits per heavy atom. The number of aliphatic hydroxyl groups is 1. The molecule has 1 aromatic rings. The number of aryl methyl sites for hydroxylation is 1. The summed E-state index contributed by atoms with van der Waals surface area (Å²) in [6, 6.07) is 0. The summed E-state index contributed by atoms with van der Waals surface area (Å²) < 4.78 is 1.20. The van der Waals surface area contributed by atoms with Gasteiger partial charge in [-0.2, -0.15) is 5.10 Å². The Bertz CT molecular complexity index is 262. The van der Waals surface area contributed by atoms with Gasteiger partial charge in [0.1, 0.15) is 5.82 Å². The molecule has 0 amide bonds. The Morgan fingerprint density at radius 1 is 1.80 bits per heavy atom. The molecule has 0 aliphatic heterocycles. The molecule has 0 atom stereocenters. The normalized spacial score (nSPS) is 10.2. The van der Waals surface area contributed by atoms with Crippen molar-refractivity contribution < 1.29 is 5.11 Å². The van der Waals surface area contributed by atoms with Crippen molar-refractivity contribution in [1.82, 2.24) is 14.8 Å². The zero-order valence-electron chi connectivity index (χ0n) is 5.66. The van der Waals surface area contributed by atoms with E-state index in [1.807, 2.05) is 0 Å². The van der Waals surface area contributed by atoms with Crippen molar-refractivity contribution >= 4 is 0 Å². The molecule has 0 aliphatic carbocycles. The average Bonchev–Trinajstić information content (AvgIpc) is 2.14. The van der Waals surface area contributed by atoms with Crippen molar-refractivity contribution in [2.75, 3.05) is 6.61 Å². The molecule has 1 heterocycles. The third-order valence-electron chi connectivity index (χ3n) is 1.16. The minimum absolute atomic E-state index is 0.00690. The molecule has 0 saturated heterocycles. The smallest absolute Gasteiger partial charge is 0.342 e. The summed E-state index contributed by atoms with van der Waals surface area (Å²) in [7, 11) is 1.56.